The molecule has 262 valence electrons. The van der Waals surface area contributed by atoms with Crippen molar-refractivity contribution in [1.82, 2.24) is 0 Å². The summed E-state index contributed by atoms with van der Waals surface area (Å²) in [6.07, 6.45) is 0. The Kier molecular flexibility index (Phi) is 7.64. The van der Waals surface area contributed by atoms with Crippen molar-refractivity contribution in [2.24, 2.45) is 0 Å². The molecule has 56 heavy (non-hydrogen) atoms. The predicted molar refractivity (Wildman–Crippen MR) is 236 cm³/mol. The Balaban J connectivity index is 1.10. The first-order valence-electron chi connectivity index (χ1n) is 19.4. The first-order valence-corrected chi connectivity index (χ1v) is 19.4. The molecular weight excluding hydrogens is 677 g/mol. The Hall–Kier alpha value is -7.22. The first-order chi connectivity index (χ1) is 27.8. The Morgan fingerprint density at radius 1 is 0.304 bits per heavy atom. The Bertz CT molecular complexity index is 3100. The maximum absolute atomic E-state index is 6.67. The van der Waals surface area contributed by atoms with Gasteiger partial charge in [0.05, 0.1) is 0 Å². The Morgan fingerprint density at radius 3 is 1.39 bits per heavy atom. The van der Waals surface area contributed by atoms with Crippen LogP contribution >= 0.6 is 0 Å². The zero-order valence-electron chi connectivity index (χ0n) is 30.7. The summed E-state index contributed by atoms with van der Waals surface area (Å²) < 4.78 is 6.67. The molecule has 0 spiro atoms. The minimum absolute atomic E-state index is 0.0245. The fourth-order valence-corrected chi connectivity index (χ4v) is 8.99. The summed E-state index contributed by atoms with van der Waals surface area (Å²) in [4.78, 5) is 0. The quantitative estimate of drug-likeness (QED) is 0.156. The van der Waals surface area contributed by atoms with Gasteiger partial charge in [0.2, 0.25) is 0 Å². The average Bonchev–Trinajstić information content (AvgIpc) is 3.67. The van der Waals surface area contributed by atoms with Gasteiger partial charge in [-0.15, -0.1) is 0 Å². The van der Waals surface area contributed by atoms with Crippen LogP contribution in [-0.2, 0) is 0 Å². The van der Waals surface area contributed by atoms with Crippen molar-refractivity contribution in [1.29, 1.82) is 0 Å². The van der Waals surface area contributed by atoms with Gasteiger partial charge in [-0.3, -0.25) is 0 Å². The standard InChI is InChI=1S/C55H36O/c1-4-17-43-36(12-1)15-9-22-45(43)39-26-30-41(31-27-39)53(42-32-28-40(29-33-42)46-23-10-16-37-13-2-5-18-44(37)46)49-21-8-7-20-48(49)50-24-11-25-52-54(50)51-35-34-38-14-3-6-19-47(38)55(51)56-52/h1-35,53H. The maximum Gasteiger partial charge on any atom is 0.143 e. The second-order valence-electron chi connectivity index (χ2n) is 14.8. The van der Waals surface area contributed by atoms with E-state index >= 15 is 0 Å². The molecule has 0 bridgehead atoms. The third kappa shape index (κ3) is 5.32. The predicted octanol–water partition coefficient (Wildman–Crippen LogP) is 15.2. The zero-order chi connectivity index (χ0) is 37.0. The van der Waals surface area contributed by atoms with Crippen molar-refractivity contribution in [3.8, 4) is 33.4 Å². The third-order valence-corrected chi connectivity index (χ3v) is 11.6. The second-order valence-corrected chi connectivity index (χ2v) is 14.8. The lowest BCUT2D eigenvalue weighted by Crippen LogP contribution is -2.05. The SMILES string of the molecule is c1ccc(C(c2ccc(-c3cccc4ccccc34)cc2)c2ccc(-c3cccc4ccccc34)cc2)c(-c2cccc3oc4c5ccccc5ccc4c23)c1. The second kappa shape index (κ2) is 13.3. The lowest BCUT2D eigenvalue weighted by molar-refractivity contribution is 0.673. The number of furan rings is 1. The van der Waals surface area contributed by atoms with Crippen molar-refractivity contribution in [3.05, 3.63) is 229 Å². The molecule has 0 amide bonds. The molecule has 0 unspecified atom stereocenters. The molecular formula is C55H36O. The maximum atomic E-state index is 6.67. The molecule has 1 aromatic heterocycles. The summed E-state index contributed by atoms with van der Waals surface area (Å²) in [5.41, 5.74) is 12.9. The molecule has 0 fully saturated rings. The van der Waals surface area contributed by atoms with Crippen LogP contribution in [0.15, 0.2) is 217 Å². The number of hydrogen-bond acceptors (Lipinski definition) is 1. The topological polar surface area (TPSA) is 13.1 Å². The molecule has 1 nitrogen and oxygen atoms in total. The van der Waals surface area contributed by atoms with Crippen LogP contribution in [0.2, 0.25) is 0 Å². The fraction of sp³-hybridized carbons (Fsp3) is 0.0182. The number of benzene rings is 10. The molecule has 0 atom stereocenters. The average molecular weight is 713 g/mol. The zero-order valence-corrected chi connectivity index (χ0v) is 30.7. The number of rotatable bonds is 6. The molecule has 0 aliphatic carbocycles. The van der Waals surface area contributed by atoms with Crippen molar-refractivity contribution in [2.45, 2.75) is 5.92 Å². The van der Waals surface area contributed by atoms with Gasteiger partial charge >= 0.3 is 0 Å². The van der Waals surface area contributed by atoms with E-state index in [1.165, 1.54) is 77.0 Å². The van der Waals surface area contributed by atoms with Crippen molar-refractivity contribution < 1.29 is 4.42 Å². The van der Waals surface area contributed by atoms with Crippen LogP contribution in [0.25, 0.3) is 87.6 Å². The molecule has 0 aliphatic heterocycles. The largest absolute Gasteiger partial charge is 0.455 e. The first kappa shape index (κ1) is 32.2. The van der Waals surface area contributed by atoms with Gasteiger partial charge in [0.1, 0.15) is 11.2 Å². The van der Waals surface area contributed by atoms with Crippen molar-refractivity contribution in [3.63, 3.8) is 0 Å². The van der Waals surface area contributed by atoms with Gasteiger partial charge in [0.25, 0.3) is 0 Å². The molecule has 0 N–H and O–H groups in total. The van der Waals surface area contributed by atoms with E-state index in [0.717, 1.165) is 27.3 Å². The van der Waals surface area contributed by atoms with E-state index in [9.17, 15) is 0 Å². The summed E-state index contributed by atoms with van der Waals surface area (Å²) in [5, 5.41) is 9.64. The van der Waals surface area contributed by atoms with Crippen LogP contribution in [0.1, 0.15) is 22.6 Å². The summed E-state index contributed by atoms with van der Waals surface area (Å²) >= 11 is 0. The van der Waals surface area contributed by atoms with Crippen molar-refractivity contribution in [2.75, 3.05) is 0 Å². The van der Waals surface area contributed by atoms with Crippen LogP contribution in [-0.4, -0.2) is 0 Å². The minimum Gasteiger partial charge on any atom is -0.455 e. The lowest BCUT2D eigenvalue weighted by Gasteiger charge is -2.23. The summed E-state index contributed by atoms with van der Waals surface area (Å²) in [7, 11) is 0. The van der Waals surface area contributed by atoms with Gasteiger partial charge < -0.3 is 4.42 Å². The monoisotopic (exact) mass is 712 g/mol. The third-order valence-electron chi connectivity index (χ3n) is 11.6. The van der Waals surface area contributed by atoms with Gasteiger partial charge in [-0.2, -0.15) is 0 Å². The number of hydrogen-bond donors (Lipinski definition) is 0. The fourth-order valence-electron chi connectivity index (χ4n) is 8.99. The van der Waals surface area contributed by atoms with Gasteiger partial charge in [-0.1, -0.05) is 200 Å². The highest BCUT2D eigenvalue weighted by Crippen LogP contribution is 2.45. The van der Waals surface area contributed by atoms with Crippen LogP contribution < -0.4 is 0 Å². The van der Waals surface area contributed by atoms with E-state index in [4.69, 9.17) is 4.42 Å². The van der Waals surface area contributed by atoms with E-state index in [1.54, 1.807) is 0 Å². The van der Waals surface area contributed by atoms with Crippen LogP contribution in [0.3, 0.4) is 0 Å². The summed E-state index contributed by atoms with van der Waals surface area (Å²) in [5.74, 6) is -0.0245. The van der Waals surface area contributed by atoms with E-state index < -0.39 is 0 Å². The van der Waals surface area contributed by atoms with Crippen LogP contribution in [0, 0.1) is 0 Å². The minimum atomic E-state index is -0.0245. The molecule has 11 rings (SSSR count). The highest BCUT2D eigenvalue weighted by Gasteiger charge is 2.23. The van der Waals surface area contributed by atoms with Crippen LogP contribution in [0.5, 0.6) is 0 Å². The van der Waals surface area contributed by atoms with Gasteiger partial charge in [-0.05, 0) is 89.1 Å². The van der Waals surface area contributed by atoms with Crippen molar-refractivity contribution >= 4 is 54.3 Å². The highest BCUT2D eigenvalue weighted by molar-refractivity contribution is 6.19. The molecule has 1 heteroatoms. The summed E-state index contributed by atoms with van der Waals surface area (Å²) in [6, 6.07) is 77.3. The molecule has 0 aliphatic rings. The van der Waals surface area contributed by atoms with Gasteiger partial charge in [0, 0.05) is 22.1 Å². The highest BCUT2D eigenvalue weighted by atomic mass is 16.3. The smallest absolute Gasteiger partial charge is 0.143 e. The van der Waals surface area contributed by atoms with E-state index in [-0.39, 0.29) is 5.92 Å². The molecule has 0 radical (unpaired) electrons. The Labute approximate surface area is 325 Å². The normalized spacial score (nSPS) is 11.7. The lowest BCUT2D eigenvalue weighted by atomic mass is 9.80. The molecule has 10 aromatic carbocycles. The number of fused-ring (bicyclic) bond motifs is 7. The van der Waals surface area contributed by atoms with E-state index in [2.05, 4.69) is 212 Å². The summed E-state index contributed by atoms with van der Waals surface area (Å²) in [6.45, 7) is 0. The van der Waals surface area contributed by atoms with Gasteiger partial charge in [-0.25, -0.2) is 0 Å². The molecule has 11 aromatic rings. The molecule has 1 heterocycles. The van der Waals surface area contributed by atoms with Crippen LogP contribution in [0.4, 0.5) is 0 Å². The molecule has 0 saturated heterocycles. The van der Waals surface area contributed by atoms with E-state index in [1.807, 2.05) is 0 Å². The molecule has 0 saturated carbocycles. The Morgan fingerprint density at radius 2 is 0.768 bits per heavy atom. The van der Waals surface area contributed by atoms with E-state index in [0.29, 0.717) is 0 Å². The van der Waals surface area contributed by atoms with Gasteiger partial charge in [0.15, 0.2) is 0 Å².